The number of hydrogen-bond donors (Lipinski definition) is 1. The summed E-state index contributed by atoms with van der Waals surface area (Å²) >= 11 is 0. The number of hydrogen-bond acceptors (Lipinski definition) is 6. The van der Waals surface area contributed by atoms with Gasteiger partial charge in [0.2, 0.25) is 5.95 Å². The van der Waals surface area contributed by atoms with Crippen LogP contribution in [0.4, 0.5) is 11.8 Å². The molecule has 25 heavy (non-hydrogen) atoms. The first kappa shape index (κ1) is 17.9. The Kier molecular flexibility index (Phi) is 5.13. The van der Waals surface area contributed by atoms with Crippen molar-refractivity contribution in [2.24, 2.45) is 5.92 Å². The van der Waals surface area contributed by atoms with E-state index in [1.807, 2.05) is 0 Å². The van der Waals surface area contributed by atoms with Crippen LogP contribution in [0.2, 0.25) is 0 Å². The van der Waals surface area contributed by atoms with Crippen LogP contribution in [0.3, 0.4) is 0 Å². The second-order valence-corrected chi connectivity index (χ2v) is 7.63. The molecule has 3 heterocycles. The van der Waals surface area contributed by atoms with Gasteiger partial charge in [-0.1, -0.05) is 6.92 Å². The molecule has 0 unspecified atom stereocenters. The van der Waals surface area contributed by atoms with E-state index in [1.54, 1.807) is 20.0 Å². The third kappa shape index (κ3) is 3.71. The molecule has 7 heteroatoms. The van der Waals surface area contributed by atoms with Gasteiger partial charge in [-0.3, -0.25) is 4.79 Å². The highest BCUT2D eigenvalue weighted by Crippen LogP contribution is 2.33. The fraction of sp³-hybridized carbons (Fsp3) is 0.722. The van der Waals surface area contributed by atoms with Gasteiger partial charge in [0.1, 0.15) is 5.82 Å². The number of aliphatic carboxylic acids is 1. The average molecular weight is 348 g/mol. The van der Waals surface area contributed by atoms with Crippen LogP contribution in [0.25, 0.3) is 0 Å². The lowest BCUT2D eigenvalue weighted by Gasteiger charge is -2.35. The molecule has 3 rings (SSSR count). The molecular formula is C18H28N4O3. The largest absolute Gasteiger partial charge is 0.481 e. The molecule has 2 saturated heterocycles. The Hall–Kier alpha value is -1.89. The molecule has 0 radical (unpaired) electrons. The normalized spacial score (nSPS) is 22.1. The number of aromatic nitrogens is 2. The maximum atomic E-state index is 11.8. The molecule has 1 atom stereocenters. The molecule has 0 aliphatic carbocycles. The number of morpholine rings is 1. The van der Waals surface area contributed by atoms with E-state index in [4.69, 9.17) is 9.72 Å². The van der Waals surface area contributed by atoms with E-state index in [2.05, 4.69) is 21.7 Å². The zero-order valence-corrected chi connectivity index (χ0v) is 15.4. The monoisotopic (exact) mass is 348 g/mol. The van der Waals surface area contributed by atoms with E-state index < -0.39 is 11.4 Å². The first-order valence-electron chi connectivity index (χ1n) is 9.08. The summed E-state index contributed by atoms with van der Waals surface area (Å²) in [5.74, 6) is 1.20. The summed E-state index contributed by atoms with van der Waals surface area (Å²) < 4.78 is 5.44. The Morgan fingerprint density at radius 2 is 2.00 bits per heavy atom. The lowest BCUT2D eigenvalue weighted by Crippen LogP contribution is -2.41. The minimum Gasteiger partial charge on any atom is -0.481 e. The van der Waals surface area contributed by atoms with Crippen molar-refractivity contribution in [3.63, 3.8) is 0 Å². The molecule has 138 valence electrons. The van der Waals surface area contributed by atoms with Crippen molar-refractivity contribution in [3.05, 3.63) is 11.8 Å². The second-order valence-electron chi connectivity index (χ2n) is 7.63. The summed E-state index contributed by atoms with van der Waals surface area (Å²) in [6.07, 6.45) is 4.08. The predicted octanol–water partition coefficient (Wildman–Crippen LogP) is 1.91. The lowest BCUT2D eigenvalue weighted by molar-refractivity contribution is -0.142. The van der Waals surface area contributed by atoms with Crippen LogP contribution in [0.1, 0.15) is 39.2 Å². The van der Waals surface area contributed by atoms with Gasteiger partial charge >= 0.3 is 5.97 Å². The van der Waals surface area contributed by atoms with Crippen molar-refractivity contribution in [2.45, 2.75) is 39.0 Å². The third-order valence-electron chi connectivity index (χ3n) is 5.21. The number of anilines is 2. The number of rotatable bonds is 4. The van der Waals surface area contributed by atoms with Gasteiger partial charge in [-0.05, 0) is 32.6 Å². The lowest BCUT2D eigenvalue weighted by atomic mass is 9.85. The number of carbonyl (C=O) groups is 1. The Balaban J connectivity index is 1.99. The number of carboxylic acids is 1. The predicted molar refractivity (Wildman–Crippen MR) is 96.3 cm³/mol. The topological polar surface area (TPSA) is 78.8 Å². The summed E-state index contributed by atoms with van der Waals surface area (Å²) in [5, 5.41) is 9.66. The first-order chi connectivity index (χ1) is 11.9. The molecule has 0 bridgehead atoms. The van der Waals surface area contributed by atoms with Crippen molar-refractivity contribution in [3.8, 4) is 0 Å². The zero-order valence-electron chi connectivity index (χ0n) is 15.4. The van der Waals surface area contributed by atoms with Crippen molar-refractivity contribution < 1.29 is 14.6 Å². The van der Waals surface area contributed by atoms with Crippen LogP contribution < -0.4 is 9.80 Å². The zero-order chi connectivity index (χ0) is 18.0. The molecule has 2 fully saturated rings. The maximum absolute atomic E-state index is 11.8. The van der Waals surface area contributed by atoms with Crippen molar-refractivity contribution in [1.29, 1.82) is 0 Å². The summed E-state index contributed by atoms with van der Waals surface area (Å²) in [6.45, 7) is 10.3. The van der Waals surface area contributed by atoms with Crippen LogP contribution in [0, 0.1) is 5.92 Å². The highest BCUT2D eigenvalue weighted by atomic mass is 16.5. The standard InChI is InChI=1S/C18H28N4O3/c1-13-5-4-6-22(12-13)17-19-11-14(18(2,3)16(23)24)15(20-17)21-7-9-25-10-8-21/h11,13H,4-10,12H2,1-3H3,(H,23,24)/t13-/m0/s1. The SMILES string of the molecule is C[C@H]1CCCN(c2ncc(C(C)(C)C(=O)O)c(N3CCOCC3)n2)C1. The Morgan fingerprint density at radius 3 is 2.64 bits per heavy atom. The molecular weight excluding hydrogens is 320 g/mol. The Labute approximate surface area is 149 Å². The van der Waals surface area contributed by atoms with E-state index in [1.165, 1.54) is 6.42 Å². The fourth-order valence-electron chi connectivity index (χ4n) is 3.46. The first-order valence-corrected chi connectivity index (χ1v) is 9.08. The smallest absolute Gasteiger partial charge is 0.313 e. The Bertz CT molecular complexity index is 629. The average Bonchev–Trinajstić information content (AvgIpc) is 2.62. The van der Waals surface area contributed by atoms with E-state index >= 15 is 0 Å². The molecule has 1 N–H and O–H groups in total. The van der Waals surface area contributed by atoms with Gasteiger partial charge in [-0.2, -0.15) is 4.98 Å². The van der Waals surface area contributed by atoms with Crippen LogP contribution in [0.5, 0.6) is 0 Å². The summed E-state index contributed by atoms with van der Waals surface area (Å²) in [4.78, 5) is 25.5. The van der Waals surface area contributed by atoms with Crippen LogP contribution >= 0.6 is 0 Å². The highest BCUT2D eigenvalue weighted by molar-refractivity contribution is 5.82. The molecule has 0 aromatic carbocycles. The minimum atomic E-state index is -1.04. The number of nitrogens with zero attached hydrogens (tertiary/aromatic N) is 4. The summed E-state index contributed by atoms with van der Waals surface area (Å²) in [5.41, 5.74) is -0.378. The van der Waals surface area contributed by atoms with Crippen molar-refractivity contribution >= 4 is 17.7 Å². The van der Waals surface area contributed by atoms with Crippen LogP contribution in [-0.4, -0.2) is 60.4 Å². The quantitative estimate of drug-likeness (QED) is 0.890. The highest BCUT2D eigenvalue weighted by Gasteiger charge is 2.35. The summed E-state index contributed by atoms with van der Waals surface area (Å²) in [7, 11) is 0. The number of piperidine rings is 1. The molecule has 0 saturated carbocycles. The molecule has 0 amide bonds. The van der Waals surface area contributed by atoms with Gasteiger partial charge in [-0.15, -0.1) is 0 Å². The molecule has 2 aliphatic rings. The maximum Gasteiger partial charge on any atom is 0.313 e. The van der Waals surface area contributed by atoms with Gasteiger partial charge in [0, 0.05) is 37.9 Å². The van der Waals surface area contributed by atoms with E-state index in [9.17, 15) is 9.90 Å². The molecule has 1 aromatic rings. The molecule has 2 aliphatic heterocycles. The van der Waals surface area contributed by atoms with Crippen LogP contribution in [0.15, 0.2) is 6.20 Å². The summed E-state index contributed by atoms with van der Waals surface area (Å²) in [6, 6.07) is 0. The molecule has 1 aromatic heterocycles. The van der Waals surface area contributed by atoms with Crippen molar-refractivity contribution in [2.75, 3.05) is 49.2 Å². The van der Waals surface area contributed by atoms with E-state index in [0.717, 1.165) is 38.4 Å². The van der Waals surface area contributed by atoms with Crippen molar-refractivity contribution in [1.82, 2.24) is 9.97 Å². The Morgan fingerprint density at radius 1 is 1.28 bits per heavy atom. The second kappa shape index (κ2) is 7.15. The number of ether oxygens (including phenoxy) is 1. The third-order valence-corrected chi connectivity index (χ3v) is 5.21. The van der Waals surface area contributed by atoms with Gasteiger partial charge in [0.25, 0.3) is 0 Å². The molecule has 0 spiro atoms. The molecule has 7 nitrogen and oxygen atoms in total. The van der Waals surface area contributed by atoms with Gasteiger partial charge in [0.05, 0.1) is 18.6 Å². The fourth-order valence-corrected chi connectivity index (χ4v) is 3.46. The van der Waals surface area contributed by atoms with Gasteiger partial charge < -0.3 is 19.6 Å². The number of carboxylic acid groups (broad SMARTS) is 1. The minimum absolute atomic E-state index is 0.624. The van der Waals surface area contributed by atoms with Crippen LogP contribution in [-0.2, 0) is 14.9 Å². The van der Waals surface area contributed by atoms with Gasteiger partial charge in [0.15, 0.2) is 0 Å². The van der Waals surface area contributed by atoms with E-state index in [-0.39, 0.29) is 0 Å². The van der Waals surface area contributed by atoms with E-state index in [0.29, 0.717) is 30.6 Å². The van der Waals surface area contributed by atoms with Gasteiger partial charge in [-0.25, -0.2) is 4.98 Å².